The van der Waals surface area contributed by atoms with Crippen LogP contribution in [-0.4, -0.2) is 9.62 Å². The molecule has 0 saturated heterocycles. The van der Waals surface area contributed by atoms with Crippen molar-refractivity contribution in [3.05, 3.63) is 33.4 Å². The van der Waals surface area contributed by atoms with E-state index in [-0.39, 0.29) is 27.3 Å². The van der Waals surface area contributed by atoms with Gasteiger partial charge < -0.3 is 5.11 Å². The first-order chi connectivity index (χ1) is 4.88. The maximum atomic E-state index is 8.84. The second-order valence-corrected chi connectivity index (χ2v) is 3.81. The summed E-state index contributed by atoms with van der Waals surface area (Å²) in [5, 5.41) is 8.84. The molecular formula is C8H9IO. The number of rotatable bonds is 2. The summed E-state index contributed by atoms with van der Waals surface area (Å²) in [5.74, 6) is 0. The molecule has 0 amide bonds. The maximum Gasteiger partial charge on any atom is 0.0692 e. The van der Waals surface area contributed by atoms with Gasteiger partial charge in [-0.05, 0) is 11.6 Å². The molecule has 0 aliphatic rings. The third kappa shape index (κ3) is 1.64. The molecule has 54 valence electrons. The molecule has 0 bridgehead atoms. The van der Waals surface area contributed by atoms with Crippen LogP contribution in [0.1, 0.15) is 5.56 Å². The molecule has 0 atom stereocenters. The van der Waals surface area contributed by atoms with E-state index < -0.39 is 0 Å². The fraction of sp³-hybridized carbons (Fsp3) is 0.125. The largest absolute Gasteiger partial charge is 0.392 e. The number of benzene rings is 1. The van der Waals surface area contributed by atoms with Crippen molar-refractivity contribution in [2.45, 2.75) is 6.61 Å². The highest BCUT2D eigenvalue weighted by molar-refractivity contribution is 14.2. The molecule has 1 rings (SSSR count). The van der Waals surface area contributed by atoms with Gasteiger partial charge in [0.2, 0.25) is 0 Å². The van der Waals surface area contributed by atoms with Crippen LogP contribution in [-0.2, 0) is 6.61 Å². The fourth-order valence-corrected chi connectivity index (χ4v) is 2.06. The lowest BCUT2D eigenvalue weighted by molar-refractivity contribution is 0.281. The normalized spacial score (nSPS) is 9.70. The molecule has 0 aliphatic carbocycles. The van der Waals surface area contributed by atoms with Gasteiger partial charge in [-0.1, -0.05) is 43.4 Å². The smallest absolute Gasteiger partial charge is 0.0692 e. The van der Waals surface area contributed by atoms with E-state index in [2.05, 4.69) is 4.51 Å². The van der Waals surface area contributed by atoms with Gasteiger partial charge in [-0.25, -0.2) is 0 Å². The molecular weight excluding hydrogens is 239 g/mol. The molecule has 0 unspecified atom stereocenters. The van der Waals surface area contributed by atoms with Gasteiger partial charge >= 0.3 is 0 Å². The Labute approximate surface area is 70.5 Å². The average molecular weight is 248 g/mol. The highest BCUT2D eigenvalue weighted by Gasteiger charge is 1.93. The van der Waals surface area contributed by atoms with Crippen LogP contribution in [0.25, 0.3) is 0 Å². The van der Waals surface area contributed by atoms with Crippen molar-refractivity contribution in [1.82, 2.24) is 0 Å². The Kier molecular flexibility index (Phi) is 3.02. The third-order valence-electron chi connectivity index (χ3n) is 1.27. The van der Waals surface area contributed by atoms with Crippen molar-refractivity contribution in [2.24, 2.45) is 0 Å². The predicted octanol–water partition coefficient (Wildman–Crippen LogP) is 1.75. The lowest BCUT2D eigenvalue weighted by Crippen LogP contribution is -1.85. The monoisotopic (exact) mass is 248 g/mol. The predicted molar refractivity (Wildman–Crippen MR) is 52.2 cm³/mol. The molecule has 0 radical (unpaired) electrons. The van der Waals surface area contributed by atoms with E-state index >= 15 is 0 Å². The second kappa shape index (κ2) is 3.83. The summed E-state index contributed by atoms with van der Waals surface area (Å²) in [7, 11) is 0. The van der Waals surface area contributed by atoms with Gasteiger partial charge in [-0.2, -0.15) is 0 Å². The van der Waals surface area contributed by atoms with Crippen LogP contribution in [0, 0.1) is 3.57 Å². The quantitative estimate of drug-likeness (QED) is 0.790. The standard InChI is InChI=1S/C8H9IO/c1-9-8-5-3-2-4-7(8)6-10/h2-5,10H,1,6H2. The Balaban J connectivity index is 3.08. The lowest BCUT2D eigenvalue weighted by atomic mass is 10.2. The molecule has 0 aliphatic heterocycles. The number of aliphatic hydroxyl groups is 1. The van der Waals surface area contributed by atoms with E-state index in [4.69, 9.17) is 5.11 Å². The molecule has 0 heterocycles. The molecule has 0 aromatic heterocycles. The van der Waals surface area contributed by atoms with Gasteiger partial charge in [0.05, 0.1) is 6.61 Å². The molecule has 0 spiro atoms. The zero-order chi connectivity index (χ0) is 7.40. The summed E-state index contributed by atoms with van der Waals surface area (Å²) in [5.41, 5.74) is 1.03. The number of hydrogen-bond donors (Lipinski definition) is 1. The van der Waals surface area contributed by atoms with E-state index in [1.54, 1.807) is 0 Å². The molecule has 10 heavy (non-hydrogen) atoms. The summed E-state index contributed by atoms with van der Waals surface area (Å²) < 4.78 is 5.10. The third-order valence-corrected chi connectivity index (χ3v) is 3.15. The summed E-state index contributed by atoms with van der Waals surface area (Å²) in [6.07, 6.45) is 0. The van der Waals surface area contributed by atoms with Gasteiger partial charge in [0.25, 0.3) is 0 Å². The minimum Gasteiger partial charge on any atom is -0.392 e. The Hall–Kier alpha value is -0.220. The Bertz CT molecular complexity index is 232. The topological polar surface area (TPSA) is 20.2 Å². The number of hydrogen-bond acceptors (Lipinski definition) is 1. The molecule has 1 aromatic carbocycles. The summed E-state index contributed by atoms with van der Waals surface area (Å²) >= 11 is -0.129. The molecule has 2 heteroatoms. The van der Waals surface area contributed by atoms with Gasteiger partial charge in [0.1, 0.15) is 0 Å². The van der Waals surface area contributed by atoms with Crippen LogP contribution in [0.2, 0.25) is 0 Å². The van der Waals surface area contributed by atoms with Crippen molar-refractivity contribution in [3.63, 3.8) is 0 Å². The molecule has 1 nitrogen and oxygen atoms in total. The lowest BCUT2D eigenvalue weighted by Gasteiger charge is -1.98. The number of aliphatic hydroxyl groups excluding tert-OH is 1. The minimum atomic E-state index is -0.129. The first-order valence-electron chi connectivity index (χ1n) is 2.95. The number of halogens is 1. The molecule has 0 saturated carbocycles. The summed E-state index contributed by atoms with van der Waals surface area (Å²) in [6, 6.07) is 7.90. The first-order valence-corrected chi connectivity index (χ1v) is 5.56. The van der Waals surface area contributed by atoms with Gasteiger partial charge in [0.15, 0.2) is 0 Å². The second-order valence-electron chi connectivity index (χ2n) is 1.88. The first kappa shape index (κ1) is 7.88. The van der Waals surface area contributed by atoms with E-state index in [1.165, 1.54) is 3.57 Å². The van der Waals surface area contributed by atoms with E-state index in [0.717, 1.165) is 5.56 Å². The van der Waals surface area contributed by atoms with Crippen LogP contribution < -0.4 is 0 Å². The van der Waals surface area contributed by atoms with Gasteiger partial charge in [0, 0.05) is 3.57 Å². The van der Waals surface area contributed by atoms with Crippen LogP contribution >= 0.6 is 20.7 Å². The average Bonchev–Trinajstić information content (AvgIpc) is 2.04. The summed E-state index contributed by atoms with van der Waals surface area (Å²) in [4.78, 5) is 0. The Morgan fingerprint density at radius 3 is 2.60 bits per heavy atom. The van der Waals surface area contributed by atoms with Gasteiger partial charge in [-0.15, -0.1) is 0 Å². The van der Waals surface area contributed by atoms with E-state index in [0.29, 0.717) is 0 Å². The maximum absolute atomic E-state index is 8.84. The van der Waals surface area contributed by atoms with Crippen LogP contribution in [0.4, 0.5) is 0 Å². The fourth-order valence-electron chi connectivity index (χ4n) is 0.757. The SMILES string of the molecule is C=Ic1ccccc1CO. The van der Waals surface area contributed by atoms with Crippen molar-refractivity contribution in [2.75, 3.05) is 0 Å². The Morgan fingerprint density at radius 1 is 1.40 bits per heavy atom. The van der Waals surface area contributed by atoms with Crippen molar-refractivity contribution in [3.8, 4) is 0 Å². The van der Waals surface area contributed by atoms with Crippen LogP contribution in [0.5, 0.6) is 0 Å². The molecule has 1 N–H and O–H groups in total. The Morgan fingerprint density at radius 2 is 2.10 bits per heavy atom. The zero-order valence-electron chi connectivity index (χ0n) is 5.55. The van der Waals surface area contributed by atoms with Crippen LogP contribution in [0.15, 0.2) is 24.3 Å². The van der Waals surface area contributed by atoms with Gasteiger partial charge in [-0.3, -0.25) is 0 Å². The highest BCUT2D eigenvalue weighted by Crippen LogP contribution is 2.14. The van der Waals surface area contributed by atoms with Crippen molar-refractivity contribution >= 4 is 25.2 Å². The van der Waals surface area contributed by atoms with Crippen molar-refractivity contribution in [1.29, 1.82) is 0 Å². The summed E-state index contributed by atoms with van der Waals surface area (Å²) in [6.45, 7) is 0.144. The molecule has 1 aromatic rings. The molecule has 0 fully saturated rings. The highest BCUT2D eigenvalue weighted by atomic mass is 127. The van der Waals surface area contributed by atoms with Crippen LogP contribution in [0.3, 0.4) is 0 Å². The van der Waals surface area contributed by atoms with E-state index in [9.17, 15) is 0 Å². The zero-order valence-corrected chi connectivity index (χ0v) is 7.71. The van der Waals surface area contributed by atoms with Crippen molar-refractivity contribution < 1.29 is 5.11 Å². The minimum absolute atomic E-state index is 0.129. The van der Waals surface area contributed by atoms with E-state index in [1.807, 2.05) is 24.3 Å².